The summed E-state index contributed by atoms with van der Waals surface area (Å²) >= 11 is 0. The highest BCUT2D eigenvalue weighted by Crippen LogP contribution is 1.90. The van der Waals surface area contributed by atoms with Crippen LogP contribution >= 0.6 is 0 Å². The molecule has 0 atom stereocenters. The van der Waals surface area contributed by atoms with Gasteiger partial charge in [0.05, 0.1) is 6.61 Å². The lowest BCUT2D eigenvalue weighted by Crippen LogP contribution is -2.02. The molecule has 0 aromatic carbocycles. The number of nitrogens with zero attached hydrogens (tertiary/aromatic N) is 2. The molecule has 0 aromatic heterocycles. The third-order valence-corrected chi connectivity index (χ3v) is 1.15. The number of rotatable bonds is 7. The van der Waals surface area contributed by atoms with Crippen molar-refractivity contribution in [2.45, 2.75) is 12.8 Å². The van der Waals surface area contributed by atoms with Crippen LogP contribution in [0.5, 0.6) is 0 Å². The second-order valence-corrected chi connectivity index (χ2v) is 2.18. The molecule has 0 saturated carbocycles. The van der Waals surface area contributed by atoms with E-state index in [1.54, 1.807) is 6.08 Å². The van der Waals surface area contributed by atoms with Crippen LogP contribution in [-0.4, -0.2) is 30.0 Å². The monoisotopic (exact) mass is 168 g/mol. The normalized spacial score (nSPS) is 8.67. The molecule has 4 nitrogen and oxygen atoms in total. The van der Waals surface area contributed by atoms with Gasteiger partial charge in [0.15, 0.2) is 0 Å². The minimum Gasteiger partial charge on any atom is -0.377 e. The molecular weight excluding hydrogens is 156 g/mol. The van der Waals surface area contributed by atoms with E-state index in [0.29, 0.717) is 26.1 Å². The SMILES string of the molecule is C=CCOCCCC(=O)C=[N+]=[N-]. The molecule has 0 spiro atoms. The van der Waals surface area contributed by atoms with Gasteiger partial charge in [-0.1, -0.05) is 6.08 Å². The number of ketones is 1. The van der Waals surface area contributed by atoms with Crippen LogP contribution < -0.4 is 0 Å². The summed E-state index contributed by atoms with van der Waals surface area (Å²) in [6.07, 6.45) is 3.53. The second-order valence-electron chi connectivity index (χ2n) is 2.18. The Morgan fingerprint density at radius 2 is 2.42 bits per heavy atom. The summed E-state index contributed by atoms with van der Waals surface area (Å²) in [6.45, 7) is 4.50. The summed E-state index contributed by atoms with van der Waals surface area (Å²) < 4.78 is 5.03. The smallest absolute Gasteiger partial charge is 0.323 e. The first-order valence-corrected chi connectivity index (χ1v) is 3.70. The molecular formula is C8H12N2O2. The maximum absolute atomic E-state index is 10.7. The molecule has 0 amide bonds. The number of carbonyl (C=O) groups excluding carboxylic acids is 1. The molecule has 0 aromatic rings. The van der Waals surface area contributed by atoms with Crippen LogP contribution in [0.4, 0.5) is 0 Å². The fourth-order valence-corrected chi connectivity index (χ4v) is 0.644. The average molecular weight is 168 g/mol. The van der Waals surface area contributed by atoms with Crippen molar-refractivity contribution in [3.8, 4) is 0 Å². The Bertz CT molecular complexity index is 195. The van der Waals surface area contributed by atoms with Gasteiger partial charge in [0.25, 0.3) is 0 Å². The molecule has 0 heterocycles. The topological polar surface area (TPSA) is 62.7 Å². The second kappa shape index (κ2) is 7.85. The van der Waals surface area contributed by atoms with E-state index in [4.69, 9.17) is 10.3 Å². The number of Topliss-reactive ketones (excluding diaryl/α,β-unsaturated/α-hetero) is 1. The van der Waals surface area contributed by atoms with E-state index >= 15 is 0 Å². The van der Waals surface area contributed by atoms with Crippen LogP contribution in [0.3, 0.4) is 0 Å². The highest BCUT2D eigenvalue weighted by Gasteiger charge is 2.00. The maximum atomic E-state index is 10.7. The summed E-state index contributed by atoms with van der Waals surface area (Å²) in [7, 11) is 0. The molecule has 0 unspecified atom stereocenters. The fourth-order valence-electron chi connectivity index (χ4n) is 0.644. The van der Waals surface area contributed by atoms with Crippen LogP contribution in [0.15, 0.2) is 12.7 Å². The summed E-state index contributed by atoms with van der Waals surface area (Å²) in [6, 6.07) is 0. The summed E-state index contributed by atoms with van der Waals surface area (Å²) in [5, 5.41) is 0. The molecule has 0 aliphatic carbocycles. The van der Waals surface area contributed by atoms with Gasteiger partial charge in [-0.2, -0.15) is 4.79 Å². The van der Waals surface area contributed by atoms with Gasteiger partial charge in [0.2, 0.25) is 5.78 Å². The van der Waals surface area contributed by atoms with Gasteiger partial charge >= 0.3 is 6.21 Å². The molecule has 0 bridgehead atoms. The summed E-state index contributed by atoms with van der Waals surface area (Å²) in [5.74, 6) is -0.195. The Balaban J connectivity index is 3.25. The quantitative estimate of drug-likeness (QED) is 0.186. The lowest BCUT2D eigenvalue weighted by atomic mass is 10.2. The first-order chi connectivity index (χ1) is 5.81. The van der Waals surface area contributed by atoms with Gasteiger partial charge in [0, 0.05) is 13.0 Å². The Morgan fingerprint density at radius 1 is 1.67 bits per heavy atom. The van der Waals surface area contributed by atoms with Gasteiger partial charge in [-0.3, -0.25) is 4.79 Å². The van der Waals surface area contributed by atoms with E-state index < -0.39 is 0 Å². The molecule has 66 valence electrons. The van der Waals surface area contributed by atoms with Gasteiger partial charge in [-0.25, -0.2) is 0 Å². The van der Waals surface area contributed by atoms with E-state index in [9.17, 15) is 4.79 Å². The van der Waals surface area contributed by atoms with Crippen LogP contribution in [0.1, 0.15) is 12.8 Å². The summed E-state index contributed by atoms with van der Waals surface area (Å²) in [5.41, 5.74) is 7.98. The average Bonchev–Trinajstić information content (AvgIpc) is 2.05. The van der Waals surface area contributed by atoms with Crippen molar-refractivity contribution in [1.29, 1.82) is 0 Å². The van der Waals surface area contributed by atoms with E-state index in [1.165, 1.54) is 0 Å². The Labute approximate surface area is 71.5 Å². The third kappa shape index (κ3) is 6.86. The Hall–Kier alpha value is -1.25. The predicted molar refractivity (Wildman–Crippen MR) is 44.9 cm³/mol. The molecule has 0 saturated heterocycles. The molecule has 0 aliphatic rings. The number of hydrogen-bond donors (Lipinski definition) is 0. The first-order valence-electron chi connectivity index (χ1n) is 3.70. The number of hydrogen-bond acceptors (Lipinski definition) is 2. The van der Waals surface area contributed by atoms with Gasteiger partial charge in [-0.15, -0.1) is 6.58 Å². The minimum absolute atomic E-state index is 0.195. The van der Waals surface area contributed by atoms with Gasteiger partial charge in [-0.05, 0) is 6.42 Å². The molecule has 0 N–H and O–H groups in total. The number of ether oxygens (including phenoxy) is 1. The maximum Gasteiger partial charge on any atom is 0.323 e. The van der Waals surface area contributed by atoms with Crippen LogP contribution in [0, 0.1) is 0 Å². The van der Waals surface area contributed by atoms with Crippen LogP contribution in [-0.2, 0) is 9.53 Å². The van der Waals surface area contributed by atoms with Crippen LogP contribution in [0.2, 0.25) is 0 Å². The Kier molecular flexibility index (Phi) is 7.03. The highest BCUT2D eigenvalue weighted by atomic mass is 16.5. The van der Waals surface area contributed by atoms with E-state index in [0.717, 1.165) is 6.21 Å². The molecule has 0 radical (unpaired) electrons. The summed E-state index contributed by atoms with van der Waals surface area (Å²) in [4.78, 5) is 13.3. The van der Waals surface area contributed by atoms with Crippen molar-refractivity contribution in [3.05, 3.63) is 18.2 Å². The predicted octanol–water partition coefficient (Wildman–Crippen LogP) is 0.839. The van der Waals surface area contributed by atoms with Crippen LogP contribution in [0.25, 0.3) is 5.53 Å². The third-order valence-electron chi connectivity index (χ3n) is 1.15. The van der Waals surface area contributed by atoms with Crippen molar-refractivity contribution in [3.63, 3.8) is 0 Å². The largest absolute Gasteiger partial charge is 0.377 e. The van der Waals surface area contributed by atoms with Crippen molar-refractivity contribution in [1.82, 2.24) is 0 Å². The molecule has 12 heavy (non-hydrogen) atoms. The van der Waals surface area contributed by atoms with E-state index in [1.807, 2.05) is 0 Å². The highest BCUT2D eigenvalue weighted by molar-refractivity contribution is 6.25. The van der Waals surface area contributed by atoms with Gasteiger partial charge in [0.1, 0.15) is 0 Å². The lowest BCUT2D eigenvalue weighted by molar-refractivity contribution is -0.116. The van der Waals surface area contributed by atoms with Crippen molar-refractivity contribution < 1.29 is 14.3 Å². The van der Waals surface area contributed by atoms with Gasteiger partial charge < -0.3 is 10.3 Å². The zero-order chi connectivity index (χ0) is 9.23. The zero-order valence-electron chi connectivity index (χ0n) is 6.90. The number of carbonyl (C=O) groups is 1. The van der Waals surface area contributed by atoms with E-state index in [2.05, 4.69) is 11.4 Å². The standard InChI is InChI=1S/C8H12N2O2/c1-2-5-12-6-3-4-8(11)7-10-9/h2,7H,1,3-6H2. The zero-order valence-corrected chi connectivity index (χ0v) is 6.90. The fraction of sp³-hybridized carbons (Fsp3) is 0.500. The Morgan fingerprint density at radius 3 is 3.00 bits per heavy atom. The van der Waals surface area contributed by atoms with Crippen molar-refractivity contribution in [2.24, 2.45) is 0 Å². The van der Waals surface area contributed by atoms with E-state index in [-0.39, 0.29) is 5.78 Å². The minimum atomic E-state index is -0.195. The molecule has 0 aliphatic heterocycles. The van der Waals surface area contributed by atoms with Crippen molar-refractivity contribution >= 4 is 12.0 Å². The molecule has 0 fully saturated rings. The molecule has 0 rings (SSSR count). The lowest BCUT2D eigenvalue weighted by Gasteiger charge is -1.96. The van der Waals surface area contributed by atoms with Crippen molar-refractivity contribution in [2.75, 3.05) is 13.2 Å². The first kappa shape index (κ1) is 10.8. The molecule has 4 heteroatoms.